The van der Waals surface area contributed by atoms with Crippen LogP contribution in [0.1, 0.15) is 30.5 Å². The van der Waals surface area contributed by atoms with E-state index in [9.17, 15) is 4.79 Å². The van der Waals surface area contributed by atoms with Gasteiger partial charge in [0.2, 0.25) is 5.91 Å². The Morgan fingerprint density at radius 3 is 3.11 bits per heavy atom. The fourth-order valence-corrected chi connectivity index (χ4v) is 2.93. The maximum absolute atomic E-state index is 12.2. The molecule has 3 N–H and O–H groups in total. The third-order valence-electron chi connectivity index (χ3n) is 4.03. The molecule has 5 nitrogen and oxygen atoms in total. The van der Waals surface area contributed by atoms with Gasteiger partial charge in [-0.2, -0.15) is 5.10 Å². The molecule has 1 fully saturated rings. The Morgan fingerprint density at radius 2 is 2.32 bits per heavy atom. The van der Waals surface area contributed by atoms with Gasteiger partial charge in [0.25, 0.3) is 0 Å². The Bertz CT molecular complexity index is 428. The van der Waals surface area contributed by atoms with Crippen LogP contribution in [0.3, 0.4) is 0 Å². The number of piperidine rings is 1. The maximum Gasteiger partial charge on any atom is 0.223 e. The Hall–Kier alpha value is -1.07. The van der Waals surface area contributed by atoms with Crippen LogP contribution in [0.2, 0.25) is 0 Å². The number of amides is 1. The highest BCUT2D eigenvalue weighted by atomic mass is 35.5. The Balaban J connectivity index is 0.00000133. The van der Waals surface area contributed by atoms with Gasteiger partial charge in [-0.3, -0.25) is 9.89 Å². The first-order valence-electron chi connectivity index (χ1n) is 6.85. The van der Waals surface area contributed by atoms with Crippen LogP contribution in [0.5, 0.6) is 0 Å². The molecular formula is C13H21ClN4O. The minimum Gasteiger partial charge on any atom is -0.352 e. The fourth-order valence-electron chi connectivity index (χ4n) is 2.93. The van der Waals surface area contributed by atoms with Gasteiger partial charge >= 0.3 is 0 Å². The first-order chi connectivity index (χ1) is 8.83. The predicted octanol–water partition coefficient (Wildman–Crippen LogP) is 0.805. The number of rotatable bonds is 2. The third-order valence-corrected chi connectivity index (χ3v) is 4.03. The summed E-state index contributed by atoms with van der Waals surface area (Å²) >= 11 is 0. The van der Waals surface area contributed by atoms with Gasteiger partial charge in [-0.1, -0.05) is 0 Å². The molecule has 1 saturated heterocycles. The number of carbonyl (C=O) groups excluding carboxylic acids is 1. The molecule has 1 aromatic rings. The van der Waals surface area contributed by atoms with Crippen LogP contribution in [-0.2, 0) is 17.6 Å². The van der Waals surface area contributed by atoms with Gasteiger partial charge in [0, 0.05) is 30.6 Å². The molecule has 0 aromatic carbocycles. The molecule has 2 heterocycles. The lowest BCUT2D eigenvalue weighted by molar-refractivity contribution is -0.126. The maximum atomic E-state index is 12.2. The van der Waals surface area contributed by atoms with Crippen LogP contribution >= 0.6 is 12.4 Å². The largest absolute Gasteiger partial charge is 0.352 e. The van der Waals surface area contributed by atoms with Crippen molar-refractivity contribution in [2.24, 2.45) is 5.92 Å². The third kappa shape index (κ3) is 3.28. The molecule has 19 heavy (non-hydrogen) atoms. The summed E-state index contributed by atoms with van der Waals surface area (Å²) < 4.78 is 0. The zero-order valence-electron chi connectivity index (χ0n) is 10.9. The minimum absolute atomic E-state index is 0. The van der Waals surface area contributed by atoms with Crippen molar-refractivity contribution in [2.75, 3.05) is 13.1 Å². The molecule has 1 aromatic heterocycles. The normalized spacial score (nSPS) is 26.1. The quantitative estimate of drug-likeness (QED) is 0.753. The molecule has 0 spiro atoms. The predicted molar refractivity (Wildman–Crippen MR) is 75.4 cm³/mol. The van der Waals surface area contributed by atoms with Gasteiger partial charge in [-0.25, -0.2) is 0 Å². The summed E-state index contributed by atoms with van der Waals surface area (Å²) in [6.45, 7) is 1.99. The second kappa shape index (κ2) is 6.39. The lowest BCUT2D eigenvalue weighted by Crippen LogP contribution is -2.48. The summed E-state index contributed by atoms with van der Waals surface area (Å²) in [4.78, 5) is 12.2. The van der Waals surface area contributed by atoms with Crippen LogP contribution < -0.4 is 10.6 Å². The molecule has 0 radical (unpaired) electrons. The van der Waals surface area contributed by atoms with Crippen molar-refractivity contribution in [3.8, 4) is 0 Å². The average molecular weight is 285 g/mol. The van der Waals surface area contributed by atoms with Gasteiger partial charge in [-0.15, -0.1) is 12.4 Å². The molecule has 0 bridgehead atoms. The second-order valence-electron chi connectivity index (χ2n) is 5.37. The lowest BCUT2D eigenvalue weighted by Gasteiger charge is -2.27. The Morgan fingerprint density at radius 1 is 1.42 bits per heavy atom. The first-order valence-corrected chi connectivity index (χ1v) is 6.85. The number of aryl methyl sites for hydroxylation is 1. The molecule has 1 aliphatic carbocycles. The number of fused-ring (bicyclic) bond motifs is 1. The highest BCUT2D eigenvalue weighted by Crippen LogP contribution is 2.23. The molecule has 6 heteroatoms. The minimum atomic E-state index is 0. The molecule has 2 aliphatic rings. The molecular weight excluding hydrogens is 264 g/mol. The molecule has 2 atom stereocenters. The van der Waals surface area contributed by atoms with E-state index in [1.807, 2.05) is 6.20 Å². The first kappa shape index (κ1) is 14.3. The van der Waals surface area contributed by atoms with Crippen LogP contribution in [0.15, 0.2) is 6.20 Å². The second-order valence-corrected chi connectivity index (χ2v) is 5.37. The van der Waals surface area contributed by atoms with Crippen LogP contribution in [0, 0.1) is 5.92 Å². The van der Waals surface area contributed by atoms with E-state index in [2.05, 4.69) is 20.8 Å². The van der Waals surface area contributed by atoms with Crippen molar-refractivity contribution in [1.82, 2.24) is 20.8 Å². The number of halogens is 1. The fraction of sp³-hybridized carbons (Fsp3) is 0.692. The summed E-state index contributed by atoms with van der Waals surface area (Å²) in [6, 6.07) is 0.314. The SMILES string of the molecule is Cl.O=C(N[C@H]1CCCNC1)C1CCc2cn[nH]c2C1. The summed E-state index contributed by atoms with van der Waals surface area (Å²) in [5.74, 6) is 0.323. The van der Waals surface area contributed by atoms with E-state index in [0.29, 0.717) is 6.04 Å². The summed E-state index contributed by atoms with van der Waals surface area (Å²) in [6.07, 6.45) is 6.85. The zero-order valence-corrected chi connectivity index (χ0v) is 11.8. The highest BCUT2D eigenvalue weighted by molar-refractivity contribution is 5.85. The molecule has 1 unspecified atom stereocenters. The number of hydrogen-bond acceptors (Lipinski definition) is 3. The van der Waals surface area contributed by atoms with Crippen molar-refractivity contribution in [3.63, 3.8) is 0 Å². The van der Waals surface area contributed by atoms with Crippen LogP contribution in [0.25, 0.3) is 0 Å². The molecule has 1 amide bonds. The standard InChI is InChI=1S/C13H20N4O.ClH/c18-13(16-11-2-1-5-14-8-11)9-3-4-10-7-15-17-12(10)6-9;/h7,9,11,14H,1-6,8H2,(H,15,17)(H,16,18);1H/t9?,11-;/m0./s1. The molecule has 3 rings (SSSR count). The monoisotopic (exact) mass is 284 g/mol. The zero-order chi connectivity index (χ0) is 12.4. The molecule has 1 aliphatic heterocycles. The summed E-state index contributed by atoms with van der Waals surface area (Å²) in [7, 11) is 0. The van der Waals surface area contributed by atoms with Crippen molar-refractivity contribution >= 4 is 18.3 Å². The summed E-state index contributed by atoms with van der Waals surface area (Å²) in [5, 5.41) is 13.5. The van der Waals surface area contributed by atoms with E-state index in [4.69, 9.17) is 0 Å². The van der Waals surface area contributed by atoms with Crippen molar-refractivity contribution < 1.29 is 4.79 Å². The highest BCUT2D eigenvalue weighted by Gasteiger charge is 2.27. The topological polar surface area (TPSA) is 69.8 Å². The number of nitrogens with one attached hydrogen (secondary N) is 3. The lowest BCUT2D eigenvalue weighted by atomic mass is 9.87. The number of aromatic amines is 1. The smallest absolute Gasteiger partial charge is 0.223 e. The van der Waals surface area contributed by atoms with E-state index in [-0.39, 0.29) is 24.2 Å². The number of H-pyrrole nitrogens is 1. The van der Waals surface area contributed by atoms with E-state index < -0.39 is 0 Å². The Labute approximate surface area is 119 Å². The van der Waals surface area contributed by atoms with Gasteiger partial charge < -0.3 is 10.6 Å². The average Bonchev–Trinajstić information content (AvgIpc) is 2.87. The molecule has 0 saturated carbocycles. The number of aromatic nitrogens is 2. The van der Waals surface area contributed by atoms with E-state index in [1.165, 1.54) is 5.56 Å². The number of hydrogen-bond donors (Lipinski definition) is 3. The number of nitrogens with zero attached hydrogens (tertiary/aromatic N) is 1. The van der Waals surface area contributed by atoms with E-state index in [1.54, 1.807) is 0 Å². The van der Waals surface area contributed by atoms with Gasteiger partial charge in [0.05, 0.1) is 6.20 Å². The summed E-state index contributed by atoms with van der Waals surface area (Å²) in [5.41, 5.74) is 2.42. The van der Waals surface area contributed by atoms with Gasteiger partial charge in [0.1, 0.15) is 0 Å². The Kier molecular flexibility index (Phi) is 4.82. The van der Waals surface area contributed by atoms with E-state index >= 15 is 0 Å². The molecule has 106 valence electrons. The van der Waals surface area contributed by atoms with E-state index in [0.717, 1.165) is 50.9 Å². The van der Waals surface area contributed by atoms with Gasteiger partial charge in [-0.05, 0) is 37.8 Å². The van der Waals surface area contributed by atoms with Gasteiger partial charge in [0.15, 0.2) is 0 Å². The van der Waals surface area contributed by atoms with Crippen LogP contribution in [0.4, 0.5) is 0 Å². The van der Waals surface area contributed by atoms with Crippen molar-refractivity contribution in [2.45, 2.75) is 38.1 Å². The number of carbonyl (C=O) groups is 1. The van der Waals surface area contributed by atoms with Crippen molar-refractivity contribution in [3.05, 3.63) is 17.5 Å². The van der Waals surface area contributed by atoms with Crippen LogP contribution in [-0.4, -0.2) is 35.2 Å². The van der Waals surface area contributed by atoms with Crippen molar-refractivity contribution in [1.29, 1.82) is 0 Å².